The van der Waals surface area contributed by atoms with Gasteiger partial charge in [-0.3, -0.25) is 10.6 Å². The lowest BCUT2D eigenvalue weighted by Crippen LogP contribution is -2.25. The van der Waals surface area contributed by atoms with Crippen LogP contribution in [0, 0.1) is 0 Å². The molecule has 0 heterocycles. The molecule has 4 aromatic carbocycles. The second kappa shape index (κ2) is 13.4. The molecule has 2 N–H and O–H groups in total. The molecule has 0 radical (unpaired) electrons. The molecule has 10 nitrogen and oxygen atoms in total. The molecule has 0 bridgehead atoms. The number of amides is 2. The molecule has 4 aromatic rings. The predicted octanol–water partition coefficient (Wildman–Crippen LogP) is 7.87. The van der Waals surface area contributed by atoms with Gasteiger partial charge in [-0.1, -0.05) is 36.4 Å². The highest BCUT2D eigenvalue weighted by atomic mass is 16.6. The Morgan fingerprint density at radius 1 is 0.474 bits per heavy atom. The van der Waals surface area contributed by atoms with Gasteiger partial charge >= 0.3 is 12.2 Å². The van der Waals surface area contributed by atoms with Gasteiger partial charge in [-0.25, -0.2) is 9.59 Å². The van der Waals surface area contributed by atoms with E-state index in [2.05, 4.69) is 31.1 Å². The minimum atomic E-state index is -0.740. The molecule has 0 aliphatic carbocycles. The number of hydrogen-bond donors (Lipinski definition) is 2. The van der Waals surface area contributed by atoms with Crippen molar-refractivity contribution >= 4 is 34.9 Å². The van der Waals surface area contributed by atoms with E-state index in [1.807, 2.05) is 60.7 Å². The molecule has 0 aliphatic rings. The van der Waals surface area contributed by atoms with E-state index < -0.39 is 12.2 Å². The Bertz CT molecular complexity index is 1310. The van der Waals surface area contributed by atoms with Crippen molar-refractivity contribution in [3.05, 3.63) is 122 Å². The topological polar surface area (TPSA) is 126 Å². The van der Waals surface area contributed by atoms with E-state index in [1.54, 1.807) is 48.5 Å². The van der Waals surface area contributed by atoms with Crippen LogP contribution >= 0.6 is 0 Å². The Morgan fingerprint density at radius 2 is 0.789 bits per heavy atom. The van der Waals surface area contributed by atoms with Gasteiger partial charge in [0.15, 0.2) is 0 Å². The molecule has 0 fully saturated rings. The molecule has 0 unspecified atom stereocenters. The molecule has 0 aliphatic heterocycles. The number of ether oxygens (including phenoxy) is 2. The molecule has 0 spiro atoms. The van der Waals surface area contributed by atoms with Crippen LogP contribution in [0.2, 0.25) is 0 Å². The fourth-order valence-corrected chi connectivity index (χ4v) is 2.87. The zero-order valence-electron chi connectivity index (χ0n) is 20.0. The van der Waals surface area contributed by atoms with Crippen LogP contribution < -0.4 is 20.1 Å². The second-order valence-electron chi connectivity index (χ2n) is 7.46. The number of nitrogens with zero attached hydrogens (tertiary/aromatic N) is 4. The number of carbonyl (C=O) groups excluding carboxylic acids is 2. The Morgan fingerprint density at radius 3 is 1.13 bits per heavy atom. The van der Waals surface area contributed by atoms with Gasteiger partial charge in [0.2, 0.25) is 0 Å². The first kappa shape index (κ1) is 25.5. The lowest BCUT2D eigenvalue weighted by Gasteiger charge is -2.05. The molecule has 38 heavy (non-hydrogen) atoms. The van der Waals surface area contributed by atoms with Crippen molar-refractivity contribution in [2.45, 2.75) is 0 Å². The SMILES string of the molecule is O=C(N/C=C/NC(=O)Oc1ccc(N=Nc2ccccc2)cc1)Oc1ccc(N=Nc2ccccc2)cc1. The second-order valence-corrected chi connectivity index (χ2v) is 7.46. The number of carbonyl (C=O) groups is 2. The summed E-state index contributed by atoms with van der Waals surface area (Å²) in [6.45, 7) is 0. The average molecular weight is 507 g/mol. The van der Waals surface area contributed by atoms with Crippen LogP contribution in [0.4, 0.5) is 32.3 Å². The highest BCUT2D eigenvalue weighted by Gasteiger charge is 2.04. The quantitative estimate of drug-likeness (QED) is 0.236. The zero-order valence-corrected chi connectivity index (χ0v) is 20.0. The van der Waals surface area contributed by atoms with E-state index in [-0.39, 0.29) is 0 Å². The van der Waals surface area contributed by atoms with Crippen molar-refractivity contribution in [3.8, 4) is 11.5 Å². The molecule has 2 amide bonds. The smallest absolute Gasteiger partial charge is 0.410 e. The van der Waals surface area contributed by atoms with Gasteiger partial charge in [0.1, 0.15) is 11.5 Å². The summed E-state index contributed by atoms with van der Waals surface area (Å²) in [4.78, 5) is 23.9. The van der Waals surface area contributed by atoms with Crippen LogP contribution in [0.1, 0.15) is 0 Å². The molecule has 0 aromatic heterocycles. The summed E-state index contributed by atoms with van der Waals surface area (Å²) in [5.41, 5.74) is 2.68. The van der Waals surface area contributed by atoms with E-state index in [0.29, 0.717) is 22.9 Å². The molecule has 188 valence electrons. The van der Waals surface area contributed by atoms with Crippen LogP contribution in [-0.2, 0) is 0 Å². The maximum absolute atomic E-state index is 11.9. The molecule has 0 saturated heterocycles. The highest BCUT2D eigenvalue weighted by Crippen LogP contribution is 2.22. The summed E-state index contributed by atoms with van der Waals surface area (Å²) >= 11 is 0. The number of rotatable bonds is 8. The summed E-state index contributed by atoms with van der Waals surface area (Å²) in [6.07, 6.45) is 0.934. The fraction of sp³-hybridized carbons (Fsp3) is 0. The van der Waals surface area contributed by atoms with E-state index >= 15 is 0 Å². The van der Waals surface area contributed by atoms with Crippen molar-refractivity contribution in [2.75, 3.05) is 0 Å². The van der Waals surface area contributed by atoms with Crippen molar-refractivity contribution in [1.29, 1.82) is 0 Å². The summed E-state index contributed by atoms with van der Waals surface area (Å²) < 4.78 is 10.3. The van der Waals surface area contributed by atoms with Gasteiger partial charge in [-0.15, -0.1) is 0 Å². The average Bonchev–Trinajstić information content (AvgIpc) is 2.96. The molecular weight excluding hydrogens is 484 g/mol. The normalized spacial score (nSPS) is 11.1. The third-order valence-electron chi connectivity index (χ3n) is 4.65. The van der Waals surface area contributed by atoms with Gasteiger partial charge in [-0.2, -0.15) is 20.5 Å². The minimum Gasteiger partial charge on any atom is -0.410 e. The molecule has 10 heteroatoms. The van der Waals surface area contributed by atoms with Gasteiger partial charge in [0, 0.05) is 12.4 Å². The maximum Gasteiger partial charge on any atom is 0.416 e. The largest absolute Gasteiger partial charge is 0.416 e. The first-order valence-corrected chi connectivity index (χ1v) is 11.4. The summed E-state index contributed by atoms with van der Waals surface area (Å²) in [5.74, 6) is 0.627. The number of azo groups is 2. The van der Waals surface area contributed by atoms with Crippen molar-refractivity contribution in [2.24, 2.45) is 20.5 Å². The Balaban J connectivity index is 1.16. The highest BCUT2D eigenvalue weighted by molar-refractivity contribution is 5.73. The summed E-state index contributed by atoms with van der Waals surface area (Å²) in [5, 5.41) is 21.2. The number of nitrogens with one attached hydrogen (secondary N) is 2. The van der Waals surface area contributed by atoms with Gasteiger partial charge in [-0.05, 0) is 72.8 Å². The van der Waals surface area contributed by atoms with Crippen LogP contribution in [0.25, 0.3) is 0 Å². The zero-order chi connectivity index (χ0) is 26.4. The van der Waals surface area contributed by atoms with E-state index in [4.69, 9.17) is 9.47 Å². The van der Waals surface area contributed by atoms with Gasteiger partial charge < -0.3 is 9.47 Å². The van der Waals surface area contributed by atoms with Crippen LogP contribution in [0.3, 0.4) is 0 Å². The lowest BCUT2D eigenvalue weighted by molar-refractivity contribution is 0.202. The summed E-state index contributed by atoms with van der Waals surface area (Å²) in [6, 6.07) is 31.7. The van der Waals surface area contributed by atoms with E-state index in [9.17, 15) is 9.59 Å². The monoisotopic (exact) mass is 506 g/mol. The van der Waals surface area contributed by atoms with Crippen molar-refractivity contribution in [1.82, 2.24) is 10.6 Å². The van der Waals surface area contributed by atoms with E-state index in [1.165, 1.54) is 12.4 Å². The Hall–Kier alpha value is -5.64. The molecule has 0 atom stereocenters. The van der Waals surface area contributed by atoms with Crippen LogP contribution in [0.15, 0.2) is 142 Å². The van der Waals surface area contributed by atoms with Crippen molar-refractivity contribution < 1.29 is 19.1 Å². The number of hydrogen-bond acceptors (Lipinski definition) is 8. The summed E-state index contributed by atoms with van der Waals surface area (Å²) in [7, 11) is 0. The van der Waals surface area contributed by atoms with Crippen LogP contribution in [-0.4, -0.2) is 12.2 Å². The number of benzene rings is 4. The molecular formula is C28H22N6O4. The third kappa shape index (κ3) is 8.54. The minimum absolute atomic E-state index is 0.314. The first-order chi connectivity index (χ1) is 18.6. The molecule has 4 rings (SSSR count). The maximum atomic E-state index is 11.9. The van der Waals surface area contributed by atoms with Gasteiger partial charge in [0.05, 0.1) is 22.7 Å². The first-order valence-electron chi connectivity index (χ1n) is 11.4. The Labute approximate surface area is 218 Å². The standard InChI is InChI=1S/C28H22N6O4/c35-27(37-25-15-11-23(12-16-25)33-31-21-7-3-1-4-8-21)29-19-20-30-28(36)38-26-17-13-24(14-18-26)34-32-22-9-5-2-6-10-22/h1-20H,(H,29,35)(H,30,36)/b20-19+,33-31?,34-32?. The van der Waals surface area contributed by atoms with E-state index in [0.717, 1.165) is 11.4 Å². The Kier molecular flexibility index (Phi) is 9.01. The van der Waals surface area contributed by atoms with Crippen molar-refractivity contribution in [3.63, 3.8) is 0 Å². The van der Waals surface area contributed by atoms with Crippen LogP contribution in [0.5, 0.6) is 11.5 Å². The third-order valence-corrected chi connectivity index (χ3v) is 4.65. The van der Waals surface area contributed by atoms with Gasteiger partial charge in [0.25, 0.3) is 0 Å². The predicted molar refractivity (Wildman–Crippen MR) is 142 cm³/mol. The molecule has 0 saturated carbocycles. The fourth-order valence-electron chi connectivity index (χ4n) is 2.87. The lowest BCUT2D eigenvalue weighted by atomic mass is 10.3.